The largest absolute Gasteiger partial charge is 0.348 e. The van der Waals surface area contributed by atoms with Gasteiger partial charge in [0.05, 0.1) is 17.2 Å². The average Bonchev–Trinajstić information content (AvgIpc) is 2.57. The summed E-state index contributed by atoms with van der Waals surface area (Å²) in [5, 5.41) is 22.5. The number of nitrogens with one attached hydrogen (secondary N) is 1. The molecule has 0 fully saturated rings. The Balaban J connectivity index is 2.20. The van der Waals surface area contributed by atoms with Gasteiger partial charge in [-0.05, 0) is 12.5 Å². The molecule has 1 atom stereocenters. The van der Waals surface area contributed by atoms with Crippen LogP contribution in [0.2, 0.25) is 0 Å². The van der Waals surface area contributed by atoms with Crippen molar-refractivity contribution in [3.05, 3.63) is 74.2 Å². The van der Waals surface area contributed by atoms with E-state index < -0.39 is 28.6 Å². The molecule has 0 spiro atoms. The van der Waals surface area contributed by atoms with E-state index in [0.717, 1.165) is 22.4 Å². The molecule has 1 aromatic carbocycles. The fraction of sp³-hybridized carbons (Fsp3) is 0.188. The van der Waals surface area contributed by atoms with E-state index in [1.165, 1.54) is 0 Å². The van der Waals surface area contributed by atoms with Crippen molar-refractivity contribution >= 4 is 11.6 Å². The second-order valence-electron chi connectivity index (χ2n) is 5.11. The third-order valence-electron chi connectivity index (χ3n) is 3.39. The molecule has 0 bridgehead atoms. The molecule has 0 aliphatic rings. The van der Waals surface area contributed by atoms with Crippen molar-refractivity contribution in [1.82, 2.24) is 9.88 Å². The molecule has 24 heavy (non-hydrogen) atoms. The summed E-state index contributed by atoms with van der Waals surface area (Å²) in [5.74, 6) is -0.488. The van der Waals surface area contributed by atoms with Crippen LogP contribution in [0.25, 0.3) is 0 Å². The highest BCUT2D eigenvalue weighted by Gasteiger charge is 2.16. The number of hydrogen-bond acceptors (Lipinski definition) is 5. The van der Waals surface area contributed by atoms with Crippen LogP contribution < -0.4 is 10.9 Å². The van der Waals surface area contributed by atoms with Crippen LogP contribution in [-0.4, -0.2) is 15.4 Å². The minimum Gasteiger partial charge on any atom is -0.348 e. The smallest absolute Gasteiger partial charge is 0.287 e. The van der Waals surface area contributed by atoms with Gasteiger partial charge in [0, 0.05) is 6.07 Å². The van der Waals surface area contributed by atoms with E-state index in [0.29, 0.717) is 0 Å². The van der Waals surface area contributed by atoms with E-state index in [-0.39, 0.29) is 11.6 Å². The highest BCUT2D eigenvalue weighted by molar-refractivity contribution is 5.76. The van der Waals surface area contributed by atoms with Crippen molar-refractivity contribution in [2.75, 3.05) is 0 Å². The third kappa shape index (κ3) is 3.84. The number of pyridine rings is 1. The Kier molecular flexibility index (Phi) is 5.06. The molecule has 1 amide bonds. The molecule has 1 N–H and O–H groups in total. The van der Waals surface area contributed by atoms with Gasteiger partial charge in [0.15, 0.2) is 0 Å². The van der Waals surface area contributed by atoms with E-state index in [1.54, 1.807) is 13.0 Å². The average molecular weight is 326 g/mol. The molecule has 8 heteroatoms. The summed E-state index contributed by atoms with van der Waals surface area (Å²) in [4.78, 5) is 34.2. The molecule has 2 rings (SSSR count). The van der Waals surface area contributed by atoms with Gasteiger partial charge in [-0.25, -0.2) is 0 Å². The maximum atomic E-state index is 12.1. The second-order valence-corrected chi connectivity index (χ2v) is 5.11. The number of rotatable bonds is 5. The standard InChI is InChI=1S/C16H14N4O4/c1-11(12-5-3-2-4-6-12)18-15(21)10-19-9-14(20(23)24)7-13(8-17)16(19)22/h2-7,9,11H,10H2,1H3,(H,18,21)/t11-/m1/s1. The van der Waals surface area contributed by atoms with Crippen LogP contribution in [0.4, 0.5) is 5.69 Å². The van der Waals surface area contributed by atoms with E-state index in [9.17, 15) is 19.7 Å². The molecule has 2 aromatic rings. The Labute approximate surface area is 137 Å². The summed E-state index contributed by atoms with van der Waals surface area (Å²) in [6.45, 7) is 1.37. The number of amides is 1. The number of carbonyl (C=O) groups excluding carboxylic acids is 1. The minimum absolute atomic E-state index is 0.288. The molecular weight excluding hydrogens is 312 g/mol. The maximum Gasteiger partial charge on any atom is 0.287 e. The first-order chi connectivity index (χ1) is 11.4. The lowest BCUT2D eigenvalue weighted by atomic mass is 10.1. The van der Waals surface area contributed by atoms with E-state index in [1.807, 2.05) is 30.3 Å². The summed E-state index contributed by atoms with van der Waals surface area (Å²) in [5.41, 5.74) is -0.663. The maximum absolute atomic E-state index is 12.1. The molecule has 0 aliphatic carbocycles. The van der Waals surface area contributed by atoms with Gasteiger partial charge < -0.3 is 5.32 Å². The zero-order chi connectivity index (χ0) is 17.7. The predicted octanol–water partition coefficient (Wildman–Crippen LogP) is 1.51. The van der Waals surface area contributed by atoms with Crippen molar-refractivity contribution in [1.29, 1.82) is 5.26 Å². The molecule has 0 saturated carbocycles. The summed E-state index contributed by atoms with van der Waals surface area (Å²) in [6, 6.07) is 11.4. The summed E-state index contributed by atoms with van der Waals surface area (Å²) in [7, 11) is 0. The van der Waals surface area contributed by atoms with Crippen LogP contribution >= 0.6 is 0 Å². The molecule has 0 unspecified atom stereocenters. The fourth-order valence-electron chi connectivity index (χ4n) is 2.18. The van der Waals surface area contributed by atoms with E-state index in [4.69, 9.17) is 5.26 Å². The molecular formula is C16H14N4O4. The Morgan fingerprint density at radius 3 is 2.67 bits per heavy atom. The predicted molar refractivity (Wildman–Crippen MR) is 85.1 cm³/mol. The third-order valence-corrected chi connectivity index (χ3v) is 3.39. The normalized spacial score (nSPS) is 11.3. The van der Waals surface area contributed by atoms with Crippen LogP contribution in [0, 0.1) is 21.4 Å². The van der Waals surface area contributed by atoms with Gasteiger partial charge in [0.25, 0.3) is 11.2 Å². The number of nitro groups is 1. The van der Waals surface area contributed by atoms with E-state index in [2.05, 4.69) is 5.32 Å². The van der Waals surface area contributed by atoms with Crippen molar-refractivity contribution in [2.45, 2.75) is 19.5 Å². The van der Waals surface area contributed by atoms with Crippen LogP contribution in [0.5, 0.6) is 0 Å². The van der Waals surface area contributed by atoms with Crippen LogP contribution in [0.3, 0.4) is 0 Å². The van der Waals surface area contributed by atoms with Gasteiger partial charge in [0.2, 0.25) is 5.91 Å². The highest BCUT2D eigenvalue weighted by atomic mass is 16.6. The van der Waals surface area contributed by atoms with Gasteiger partial charge in [-0.2, -0.15) is 5.26 Å². The van der Waals surface area contributed by atoms with E-state index >= 15 is 0 Å². The van der Waals surface area contributed by atoms with Crippen molar-refractivity contribution in [2.24, 2.45) is 0 Å². The molecule has 0 aliphatic heterocycles. The second kappa shape index (κ2) is 7.19. The lowest BCUT2D eigenvalue weighted by Crippen LogP contribution is -2.34. The highest BCUT2D eigenvalue weighted by Crippen LogP contribution is 2.12. The Morgan fingerprint density at radius 1 is 1.42 bits per heavy atom. The molecule has 1 heterocycles. The number of nitrogens with zero attached hydrogens (tertiary/aromatic N) is 3. The van der Waals surface area contributed by atoms with Crippen molar-refractivity contribution in [3.8, 4) is 6.07 Å². The Morgan fingerprint density at radius 2 is 2.08 bits per heavy atom. The van der Waals surface area contributed by atoms with Crippen LogP contribution in [0.15, 0.2) is 47.4 Å². The molecule has 0 saturated heterocycles. The first-order valence-electron chi connectivity index (χ1n) is 7.05. The van der Waals surface area contributed by atoms with Gasteiger partial charge in [-0.3, -0.25) is 24.3 Å². The Bertz CT molecular complexity index is 868. The summed E-state index contributed by atoms with van der Waals surface area (Å²) < 4.78 is 0.865. The SMILES string of the molecule is C[C@@H](NC(=O)Cn1cc([N+](=O)[O-])cc(C#N)c1=O)c1ccccc1. The quantitative estimate of drug-likeness (QED) is 0.660. The molecule has 0 radical (unpaired) electrons. The monoisotopic (exact) mass is 326 g/mol. The molecule has 122 valence electrons. The lowest BCUT2D eigenvalue weighted by Gasteiger charge is -2.15. The summed E-state index contributed by atoms with van der Waals surface area (Å²) >= 11 is 0. The minimum atomic E-state index is -0.745. The first-order valence-corrected chi connectivity index (χ1v) is 7.05. The fourth-order valence-corrected chi connectivity index (χ4v) is 2.18. The van der Waals surface area contributed by atoms with Gasteiger partial charge >= 0.3 is 0 Å². The molecule has 1 aromatic heterocycles. The zero-order valence-electron chi connectivity index (χ0n) is 12.8. The van der Waals surface area contributed by atoms with Gasteiger partial charge in [0.1, 0.15) is 18.2 Å². The summed E-state index contributed by atoms with van der Waals surface area (Å²) in [6.07, 6.45) is 0.954. The zero-order valence-corrected chi connectivity index (χ0v) is 12.8. The first kappa shape index (κ1) is 16.9. The van der Waals surface area contributed by atoms with Gasteiger partial charge in [-0.1, -0.05) is 30.3 Å². The number of nitriles is 1. The topological polar surface area (TPSA) is 118 Å². The number of aromatic nitrogens is 1. The lowest BCUT2D eigenvalue weighted by molar-refractivity contribution is -0.385. The van der Waals surface area contributed by atoms with Crippen molar-refractivity contribution in [3.63, 3.8) is 0 Å². The molecule has 8 nitrogen and oxygen atoms in total. The van der Waals surface area contributed by atoms with Gasteiger partial charge in [-0.15, -0.1) is 0 Å². The van der Waals surface area contributed by atoms with Crippen molar-refractivity contribution < 1.29 is 9.72 Å². The number of carbonyl (C=O) groups is 1. The van der Waals surface area contributed by atoms with Crippen LogP contribution in [-0.2, 0) is 11.3 Å². The number of benzene rings is 1. The Hall–Kier alpha value is -3.47. The number of hydrogen-bond donors (Lipinski definition) is 1. The van der Waals surface area contributed by atoms with Crippen LogP contribution in [0.1, 0.15) is 24.1 Å².